The van der Waals surface area contributed by atoms with Crippen molar-refractivity contribution in [2.45, 2.75) is 37.8 Å². The summed E-state index contributed by atoms with van der Waals surface area (Å²) in [5, 5.41) is 15.4. The van der Waals surface area contributed by atoms with Gasteiger partial charge in [0.2, 0.25) is 5.91 Å². The molecule has 24 heavy (non-hydrogen) atoms. The van der Waals surface area contributed by atoms with Crippen LogP contribution in [0, 0.1) is 0 Å². The number of aliphatic hydroxyl groups is 1. The molecule has 2 rings (SSSR count). The summed E-state index contributed by atoms with van der Waals surface area (Å²) in [6, 6.07) is 3.54. The van der Waals surface area contributed by atoms with Crippen molar-refractivity contribution in [3.8, 4) is 0 Å². The van der Waals surface area contributed by atoms with Crippen LogP contribution in [0.2, 0.25) is 0 Å². The maximum absolute atomic E-state index is 12.9. The molecule has 1 aromatic rings. The Morgan fingerprint density at radius 1 is 1.46 bits per heavy atom. The number of carbonyl (C=O) groups excluding carboxylic acids is 2. The van der Waals surface area contributed by atoms with Gasteiger partial charge < -0.3 is 20.2 Å². The van der Waals surface area contributed by atoms with Crippen LogP contribution in [0.4, 0.5) is 0 Å². The van der Waals surface area contributed by atoms with E-state index in [0.717, 1.165) is 6.42 Å². The molecule has 1 fully saturated rings. The number of piperidine rings is 1. The summed E-state index contributed by atoms with van der Waals surface area (Å²) in [6.07, 6.45) is 1.43. The minimum Gasteiger partial charge on any atom is -0.387 e. The average Bonchev–Trinajstić information content (AvgIpc) is 2.98. The lowest BCUT2D eigenvalue weighted by Gasteiger charge is -2.43. The van der Waals surface area contributed by atoms with Crippen molar-refractivity contribution in [3.05, 3.63) is 22.4 Å². The Morgan fingerprint density at radius 3 is 2.75 bits per heavy atom. The first kappa shape index (κ1) is 18.9. The first-order valence-electron chi connectivity index (χ1n) is 8.15. The van der Waals surface area contributed by atoms with E-state index in [4.69, 9.17) is 0 Å². The summed E-state index contributed by atoms with van der Waals surface area (Å²) in [4.78, 5) is 29.3. The van der Waals surface area contributed by atoms with Crippen LogP contribution in [0.25, 0.3) is 0 Å². The van der Waals surface area contributed by atoms with E-state index in [1.54, 1.807) is 30.9 Å². The van der Waals surface area contributed by atoms with Crippen molar-refractivity contribution in [3.63, 3.8) is 0 Å². The highest BCUT2D eigenvalue weighted by Gasteiger charge is 2.40. The molecule has 1 aromatic heterocycles. The quantitative estimate of drug-likeness (QED) is 0.834. The van der Waals surface area contributed by atoms with Gasteiger partial charge in [0, 0.05) is 13.1 Å². The summed E-state index contributed by atoms with van der Waals surface area (Å²) >= 11 is 1.34. The number of thiophene rings is 1. The number of likely N-dealkylation sites (tertiary alicyclic amines) is 1. The maximum atomic E-state index is 12.9. The number of nitrogens with one attached hydrogen (secondary N) is 1. The predicted molar refractivity (Wildman–Crippen MR) is 95.2 cm³/mol. The molecule has 1 atom stereocenters. The molecule has 2 amide bonds. The normalized spacial score (nSPS) is 21.8. The number of nitrogens with zero attached hydrogens (tertiary/aromatic N) is 2. The number of amides is 2. The van der Waals surface area contributed by atoms with E-state index in [9.17, 15) is 14.7 Å². The largest absolute Gasteiger partial charge is 0.387 e. The average molecular weight is 353 g/mol. The van der Waals surface area contributed by atoms with Crippen LogP contribution in [-0.4, -0.2) is 71.6 Å². The minimum absolute atomic E-state index is 0.163. The summed E-state index contributed by atoms with van der Waals surface area (Å²) in [7, 11) is 3.81. The highest BCUT2D eigenvalue weighted by Crippen LogP contribution is 2.24. The molecular formula is C17H27N3O3S. The Hall–Kier alpha value is -1.44. The molecule has 0 bridgehead atoms. The standard InChI is InChI=1S/C17H27N3O3S/c1-16(2,18-14(21)13-7-5-10-24-13)15(22)20-9-6-8-17(23,12-20)11-19(3)4/h5,7,10,23H,6,8-9,11-12H2,1-4H3,(H,18,21). The lowest BCUT2D eigenvalue weighted by molar-refractivity contribution is -0.144. The smallest absolute Gasteiger partial charge is 0.262 e. The number of likely N-dealkylation sites (N-methyl/N-ethyl adjacent to an activating group) is 1. The highest BCUT2D eigenvalue weighted by molar-refractivity contribution is 7.12. The van der Waals surface area contributed by atoms with Crippen molar-refractivity contribution in [1.29, 1.82) is 0 Å². The molecule has 1 aliphatic heterocycles. The highest BCUT2D eigenvalue weighted by atomic mass is 32.1. The Morgan fingerprint density at radius 2 is 2.17 bits per heavy atom. The van der Waals surface area contributed by atoms with Gasteiger partial charge in [-0.15, -0.1) is 11.3 Å². The van der Waals surface area contributed by atoms with E-state index in [-0.39, 0.29) is 11.8 Å². The third-order valence-corrected chi connectivity index (χ3v) is 5.03. The Balaban J connectivity index is 2.04. The van der Waals surface area contributed by atoms with Gasteiger partial charge in [0.15, 0.2) is 0 Å². The first-order valence-corrected chi connectivity index (χ1v) is 9.03. The number of β-amino-alcohol motifs (C(OH)–C–C–N with tert-alkyl or cyclic N) is 1. The summed E-state index contributed by atoms with van der Waals surface area (Å²) in [5.41, 5.74) is -1.91. The zero-order valence-corrected chi connectivity index (χ0v) is 15.7. The first-order chi connectivity index (χ1) is 11.1. The zero-order chi connectivity index (χ0) is 18.0. The molecule has 0 aromatic carbocycles. The molecule has 2 N–H and O–H groups in total. The second kappa shape index (κ2) is 7.21. The fraction of sp³-hybridized carbons (Fsp3) is 0.647. The monoisotopic (exact) mass is 353 g/mol. The van der Waals surface area contributed by atoms with E-state index >= 15 is 0 Å². The Bertz CT molecular complexity index is 586. The molecule has 1 unspecified atom stereocenters. The predicted octanol–water partition coefficient (Wildman–Crippen LogP) is 1.17. The third-order valence-electron chi connectivity index (χ3n) is 4.16. The van der Waals surface area contributed by atoms with Crippen molar-refractivity contribution < 1.29 is 14.7 Å². The van der Waals surface area contributed by atoms with Gasteiger partial charge in [0.1, 0.15) is 5.54 Å². The third kappa shape index (κ3) is 4.55. The van der Waals surface area contributed by atoms with Gasteiger partial charge in [-0.1, -0.05) is 6.07 Å². The number of rotatable bonds is 5. The SMILES string of the molecule is CN(C)CC1(O)CCCN(C(=O)C(C)(C)NC(=O)c2cccs2)C1. The van der Waals surface area contributed by atoms with Gasteiger partial charge in [-0.05, 0) is 52.2 Å². The molecule has 0 saturated carbocycles. The summed E-state index contributed by atoms with van der Waals surface area (Å²) in [6.45, 7) is 4.83. The lowest BCUT2D eigenvalue weighted by Crippen LogP contribution is -2.61. The van der Waals surface area contributed by atoms with Crippen LogP contribution in [0.1, 0.15) is 36.4 Å². The molecular weight excluding hydrogens is 326 g/mol. The second-order valence-electron chi connectivity index (χ2n) is 7.35. The van der Waals surface area contributed by atoms with Crippen molar-refractivity contribution in [2.75, 3.05) is 33.7 Å². The molecule has 6 nitrogen and oxygen atoms in total. The van der Waals surface area contributed by atoms with Crippen LogP contribution < -0.4 is 5.32 Å². The Labute approximate surface area is 147 Å². The van der Waals surface area contributed by atoms with Crippen LogP contribution in [0.3, 0.4) is 0 Å². The lowest BCUT2D eigenvalue weighted by atomic mass is 9.90. The van der Waals surface area contributed by atoms with Gasteiger partial charge in [-0.2, -0.15) is 0 Å². The number of hydrogen-bond donors (Lipinski definition) is 2. The van der Waals surface area contributed by atoms with E-state index in [1.807, 2.05) is 24.4 Å². The van der Waals surface area contributed by atoms with Gasteiger partial charge in [-0.3, -0.25) is 9.59 Å². The molecule has 7 heteroatoms. The van der Waals surface area contributed by atoms with Gasteiger partial charge in [-0.25, -0.2) is 0 Å². The fourth-order valence-electron chi connectivity index (χ4n) is 3.21. The number of carbonyl (C=O) groups is 2. The van der Waals surface area contributed by atoms with Gasteiger partial charge >= 0.3 is 0 Å². The van der Waals surface area contributed by atoms with Gasteiger partial charge in [0.05, 0.1) is 17.0 Å². The van der Waals surface area contributed by atoms with E-state index in [2.05, 4.69) is 5.32 Å². The van der Waals surface area contributed by atoms with Crippen LogP contribution in [-0.2, 0) is 4.79 Å². The molecule has 1 saturated heterocycles. The van der Waals surface area contributed by atoms with E-state index < -0.39 is 11.1 Å². The van der Waals surface area contributed by atoms with Crippen LogP contribution in [0.5, 0.6) is 0 Å². The van der Waals surface area contributed by atoms with E-state index in [1.165, 1.54) is 11.3 Å². The molecule has 0 aliphatic carbocycles. The summed E-state index contributed by atoms with van der Waals surface area (Å²) < 4.78 is 0. The Kier molecular flexibility index (Phi) is 5.67. The maximum Gasteiger partial charge on any atom is 0.262 e. The van der Waals surface area contributed by atoms with E-state index in [0.29, 0.717) is 30.9 Å². The summed E-state index contributed by atoms with van der Waals surface area (Å²) in [5.74, 6) is -0.409. The topological polar surface area (TPSA) is 72.9 Å². The van der Waals surface area contributed by atoms with Crippen molar-refractivity contribution in [1.82, 2.24) is 15.1 Å². The molecule has 2 heterocycles. The van der Waals surface area contributed by atoms with Crippen molar-refractivity contribution in [2.24, 2.45) is 0 Å². The fourth-order valence-corrected chi connectivity index (χ4v) is 3.82. The molecule has 134 valence electrons. The second-order valence-corrected chi connectivity index (χ2v) is 8.30. The zero-order valence-electron chi connectivity index (χ0n) is 14.8. The van der Waals surface area contributed by atoms with Gasteiger partial charge in [0.25, 0.3) is 5.91 Å². The molecule has 0 radical (unpaired) electrons. The number of hydrogen-bond acceptors (Lipinski definition) is 5. The van der Waals surface area contributed by atoms with Crippen molar-refractivity contribution >= 4 is 23.2 Å². The minimum atomic E-state index is -1.02. The molecule has 1 aliphatic rings. The molecule has 0 spiro atoms. The van der Waals surface area contributed by atoms with Crippen LogP contribution in [0.15, 0.2) is 17.5 Å². The van der Waals surface area contributed by atoms with Crippen LogP contribution >= 0.6 is 11.3 Å².